The molecule has 3 unspecified atom stereocenters. The molecule has 9 heteroatoms. The van der Waals surface area contributed by atoms with Gasteiger partial charge in [0.1, 0.15) is 6.61 Å². The molecule has 33 heavy (non-hydrogen) atoms. The molecule has 0 bridgehead atoms. The van der Waals surface area contributed by atoms with Crippen LogP contribution in [0.2, 0.25) is 58.9 Å². The van der Waals surface area contributed by atoms with E-state index in [0.717, 1.165) is 24.2 Å². The number of ether oxygens (including phenoxy) is 1. The molecule has 0 aromatic carbocycles. The van der Waals surface area contributed by atoms with Crippen LogP contribution >= 0.6 is 0 Å². The van der Waals surface area contributed by atoms with Crippen LogP contribution in [0.15, 0.2) is 12.3 Å². The van der Waals surface area contributed by atoms with Crippen molar-refractivity contribution in [2.45, 2.75) is 117 Å². The van der Waals surface area contributed by atoms with Crippen LogP contribution in [0.5, 0.6) is 0 Å². The number of fused-ring (bicyclic) bond motifs is 1. The van der Waals surface area contributed by atoms with Crippen molar-refractivity contribution < 1.29 is 22.8 Å². The summed E-state index contributed by atoms with van der Waals surface area (Å²) in [6, 6.07) is 2.06. The molecule has 0 spiro atoms. The van der Waals surface area contributed by atoms with Crippen LogP contribution in [0, 0.1) is 5.92 Å². The fourth-order valence-corrected chi connectivity index (χ4v) is 8.48. The fraction of sp³-hybridized carbons (Fsp3) is 0.792. The molecule has 1 aliphatic heterocycles. The lowest BCUT2D eigenvalue weighted by molar-refractivity contribution is -0.180. The number of aromatic nitrogens is 1. The second-order valence-electron chi connectivity index (χ2n) is 12.5. The molecule has 190 valence electrons. The van der Waals surface area contributed by atoms with Gasteiger partial charge in [0.05, 0.1) is 17.9 Å². The van der Waals surface area contributed by atoms with E-state index < -0.39 is 36.7 Å². The quantitative estimate of drug-likeness (QED) is 0.256. The number of aryl methyl sites for hydroxylation is 1. The van der Waals surface area contributed by atoms with Gasteiger partial charge in [0.2, 0.25) is 0 Å². The maximum atomic E-state index is 13.8. The maximum absolute atomic E-state index is 13.8. The van der Waals surface area contributed by atoms with Crippen molar-refractivity contribution in [3.63, 3.8) is 0 Å². The molecule has 1 aliphatic rings. The van der Waals surface area contributed by atoms with Crippen LogP contribution in [0.1, 0.15) is 44.6 Å². The van der Waals surface area contributed by atoms with Gasteiger partial charge < -0.3 is 22.6 Å². The maximum Gasteiger partial charge on any atom is 0.340 e. The highest BCUT2D eigenvalue weighted by molar-refractivity contribution is 6.70. The molecule has 0 saturated heterocycles. The van der Waals surface area contributed by atoms with Crippen molar-refractivity contribution in [2.75, 3.05) is 0 Å². The Morgan fingerprint density at radius 2 is 1.64 bits per heavy atom. The minimum atomic E-state index is -2.09. The van der Waals surface area contributed by atoms with E-state index in [-0.39, 0.29) is 24.6 Å². The molecule has 0 saturated carbocycles. The van der Waals surface area contributed by atoms with Gasteiger partial charge in [-0.05, 0) is 84.3 Å². The number of carbonyl (C=O) groups is 1. The van der Waals surface area contributed by atoms with Crippen LogP contribution in [-0.4, -0.2) is 47.2 Å². The Morgan fingerprint density at radius 1 is 1.03 bits per heavy atom. The second-order valence-corrected chi connectivity index (χ2v) is 25.9. The van der Waals surface area contributed by atoms with Crippen molar-refractivity contribution in [3.05, 3.63) is 23.5 Å². The fourth-order valence-electron chi connectivity index (χ4n) is 4.67. The van der Waals surface area contributed by atoms with Crippen molar-refractivity contribution in [3.8, 4) is 0 Å². The van der Waals surface area contributed by atoms with E-state index in [9.17, 15) is 4.79 Å². The molecule has 0 aliphatic carbocycles. The first kappa shape index (κ1) is 28.5. The second kappa shape index (κ2) is 10.1. The van der Waals surface area contributed by atoms with Gasteiger partial charge in [0.15, 0.2) is 30.6 Å². The normalized spacial score (nSPS) is 20.0. The third-order valence-corrected chi connectivity index (χ3v) is 8.67. The highest BCUT2D eigenvalue weighted by atomic mass is 28.4. The predicted molar refractivity (Wildman–Crippen MR) is 142 cm³/mol. The lowest BCUT2D eigenvalue weighted by Crippen LogP contribution is -2.61. The van der Waals surface area contributed by atoms with Crippen LogP contribution in [0.25, 0.3) is 0 Å². The zero-order valence-corrected chi connectivity index (χ0v) is 26.0. The van der Waals surface area contributed by atoms with Gasteiger partial charge in [0.25, 0.3) is 0 Å². The van der Waals surface area contributed by atoms with Gasteiger partial charge in [-0.15, -0.1) is 0 Å². The van der Waals surface area contributed by atoms with E-state index in [4.69, 9.17) is 18.0 Å². The number of esters is 1. The first-order chi connectivity index (χ1) is 14.9. The van der Waals surface area contributed by atoms with E-state index >= 15 is 0 Å². The highest BCUT2D eigenvalue weighted by Crippen LogP contribution is 2.37. The van der Waals surface area contributed by atoms with E-state index in [1.54, 1.807) is 0 Å². The van der Waals surface area contributed by atoms with E-state index in [2.05, 4.69) is 75.8 Å². The van der Waals surface area contributed by atoms with Gasteiger partial charge >= 0.3 is 5.97 Å². The zero-order chi connectivity index (χ0) is 25.4. The first-order valence-corrected chi connectivity index (χ1v) is 22.5. The lowest BCUT2D eigenvalue weighted by Gasteiger charge is -2.45. The summed E-state index contributed by atoms with van der Waals surface area (Å²) < 4.78 is 27.8. The van der Waals surface area contributed by atoms with Crippen LogP contribution in [-0.2, 0) is 36.0 Å². The summed E-state index contributed by atoms with van der Waals surface area (Å²) in [5.41, 5.74) is 1.04. The predicted octanol–water partition coefficient (Wildman–Crippen LogP) is 6.31. The van der Waals surface area contributed by atoms with Crippen LogP contribution in [0.3, 0.4) is 0 Å². The van der Waals surface area contributed by atoms with Gasteiger partial charge in [-0.25, -0.2) is 4.79 Å². The van der Waals surface area contributed by atoms with Gasteiger partial charge in [-0.3, -0.25) is 0 Å². The Morgan fingerprint density at radius 3 is 2.12 bits per heavy atom. The van der Waals surface area contributed by atoms with Crippen molar-refractivity contribution in [1.82, 2.24) is 4.57 Å². The SMILES string of the molecule is CC(C)C(O[Si](C)(C)C)(C(=O)OCc1ccn2c1C(O[Si](C)(C)C)CC2)C(C)O[Si](C)(C)C. The lowest BCUT2D eigenvalue weighted by atomic mass is 9.85. The van der Waals surface area contributed by atoms with E-state index in [0.29, 0.717) is 0 Å². The zero-order valence-electron chi connectivity index (χ0n) is 23.0. The first-order valence-electron chi connectivity index (χ1n) is 12.3. The Kier molecular flexibility index (Phi) is 8.73. The van der Waals surface area contributed by atoms with E-state index in [1.165, 1.54) is 0 Å². The minimum Gasteiger partial charge on any atom is -0.459 e. The third kappa shape index (κ3) is 7.38. The largest absolute Gasteiger partial charge is 0.459 e. The molecule has 3 atom stereocenters. The molecule has 2 rings (SSSR count). The molecule has 6 nitrogen and oxygen atoms in total. The molecule has 0 fully saturated rings. The Labute approximate surface area is 204 Å². The van der Waals surface area contributed by atoms with Crippen molar-refractivity contribution in [2.24, 2.45) is 5.92 Å². The molecule has 0 N–H and O–H groups in total. The molecular formula is C24H47NO5Si3. The molecule has 1 aromatic heterocycles. The molecule has 2 heterocycles. The molecule has 0 radical (unpaired) electrons. The topological polar surface area (TPSA) is 58.9 Å². The summed E-state index contributed by atoms with van der Waals surface area (Å²) in [5, 5.41) is 0. The smallest absolute Gasteiger partial charge is 0.340 e. The monoisotopic (exact) mass is 513 g/mol. The summed E-state index contributed by atoms with van der Waals surface area (Å²) in [6.45, 7) is 26.5. The molecule has 1 aromatic rings. The van der Waals surface area contributed by atoms with Gasteiger partial charge in [0, 0.05) is 18.3 Å². The summed E-state index contributed by atoms with van der Waals surface area (Å²) >= 11 is 0. The van der Waals surface area contributed by atoms with Gasteiger partial charge in [-0.1, -0.05) is 13.8 Å². The molecule has 0 amide bonds. The third-order valence-electron chi connectivity index (χ3n) is 5.67. The Bertz CT molecular complexity index is 820. The standard InChI is InChI=1S/C24H47NO5Si3/c1-18(2)24(30-33(10,11)12,19(3)28-31(4,5)6)23(26)27-17-20-13-15-25-16-14-21(22(20)25)29-32(7,8)9/h13,15,18-19,21H,14,16-17H2,1-12H3. The summed E-state index contributed by atoms with van der Waals surface area (Å²) in [4.78, 5) is 13.8. The number of carbonyl (C=O) groups excluding carboxylic acids is 1. The van der Waals surface area contributed by atoms with Crippen LogP contribution in [0.4, 0.5) is 0 Å². The van der Waals surface area contributed by atoms with Crippen molar-refractivity contribution >= 4 is 30.9 Å². The van der Waals surface area contributed by atoms with Gasteiger partial charge in [-0.2, -0.15) is 0 Å². The number of hydrogen-bond acceptors (Lipinski definition) is 5. The highest BCUT2D eigenvalue weighted by Gasteiger charge is 2.53. The Balaban J connectivity index is 2.31. The van der Waals surface area contributed by atoms with Crippen molar-refractivity contribution in [1.29, 1.82) is 0 Å². The minimum absolute atomic E-state index is 0.0719. The average Bonchev–Trinajstić information content (AvgIpc) is 3.16. The Hall–Kier alpha value is -0.719. The molecular weight excluding hydrogens is 467 g/mol. The number of rotatable bonds is 11. The average molecular weight is 514 g/mol. The number of nitrogens with zero attached hydrogens (tertiary/aromatic N) is 1. The summed E-state index contributed by atoms with van der Waals surface area (Å²) in [6.07, 6.45) is 2.72. The summed E-state index contributed by atoms with van der Waals surface area (Å²) in [7, 11) is -5.69. The van der Waals surface area contributed by atoms with E-state index in [1.807, 2.05) is 20.8 Å². The van der Waals surface area contributed by atoms with Crippen LogP contribution < -0.4 is 0 Å². The summed E-state index contributed by atoms with van der Waals surface area (Å²) in [5.74, 6) is -0.419. The number of hydrogen-bond donors (Lipinski definition) is 0.